The van der Waals surface area contributed by atoms with Gasteiger partial charge in [0.2, 0.25) is 0 Å². The normalized spacial score (nSPS) is 14.8. The van der Waals surface area contributed by atoms with Crippen LogP contribution in [0.2, 0.25) is 0 Å². The summed E-state index contributed by atoms with van der Waals surface area (Å²) < 4.78 is 1.97. The number of imidazole rings is 1. The fourth-order valence-corrected chi connectivity index (χ4v) is 4.05. The summed E-state index contributed by atoms with van der Waals surface area (Å²) in [7, 11) is 0. The molecule has 0 atom stereocenters. The first-order valence-corrected chi connectivity index (χ1v) is 9.58. The average Bonchev–Trinajstić information content (AvgIpc) is 3.36. The molecule has 0 bridgehead atoms. The Labute approximate surface area is 155 Å². The van der Waals surface area contributed by atoms with Crippen molar-refractivity contribution >= 4 is 22.8 Å². The second kappa shape index (κ2) is 6.51. The van der Waals surface area contributed by atoms with E-state index in [2.05, 4.69) is 44.8 Å². The summed E-state index contributed by atoms with van der Waals surface area (Å²) in [5, 5.41) is 10.4. The molecule has 0 radical (unpaired) electrons. The second-order valence-corrected chi connectivity index (χ2v) is 7.17. The number of hydrogen-bond acceptors (Lipinski definition) is 6. The number of nitrogens with zero attached hydrogens (tertiary/aromatic N) is 5. The molecule has 1 fully saturated rings. The van der Waals surface area contributed by atoms with Gasteiger partial charge in [-0.1, -0.05) is 6.07 Å². The van der Waals surface area contributed by atoms with Crippen molar-refractivity contribution in [2.24, 2.45) is 0 Å². The lowest BCUT2D eigenvalue weighted by Crippen LogP contribution is -2.44. The van der Waals surface area contributed by atoms with Crippen LogP contribution < -0.4 is 10.2 Å². The number of rotatable bonds is 3. The van der Waals surface area contributed by atoms with Gasteiger partial charge in [0.05, 0.1) is 4.88 Å². The molecule has 0 spiro atoms. The number of piperazine rings is 1. The van der Waals surface area contributed by atoms with Gasteiger partial charge in [0, 0.05) is 44.1 Å². The van der Waals surface area contributed by atoms with Crippen LogP contribution in [0, 0.1) is 0 Å². The summed E-state index contributed by atoms with van der Waals surface area (Å²) >= 11 is 1.69. The van der Waals surface area contributed by atoms with Gasteiger partial charge in [0.25, 0.3) is 0 Å². The standard InChI is InChI=1S/C19H18N6S/c1-2-15(26-13-1)18-19(14-5-7-20-8-6-14)25-16(22-18)3-4-17(23-25)24-11-9-21-10-12-24/h1-8,13,21H,9-12H2. The number of aromatic nitrogens is 4. The molecular weight excluding hydrogens is 344 g/mol. The third kappa shape index (κ3) is 2.65. The van der Waals surface area contributed by atoms with Gasteiger partial charge in [-0.3, -0.25) is 4.98 Å². The molecule has 4 aromatic rings. The van der Waals surface area contributed by atoms with Crippen LogP contribution in [-0.4, -0.2) is 45.8 Å². The fourth-order valence-electron chi connectivity index (χ4n) is 3.34. The first-order chi connectivity index (χ1) is 12.9. The average molecular weight is 362 g/mol. The highest BCUT2D eigenvalue weighted by Crippen LogP contribution is 2.34. The van der Waals surface area contributed by atoms with Crippen LogP contribution in [0.3, 0.4) is 0 Å². The highest BCUT2D eigenvalue weighted by Gasteiger charge is 2.19. The van der Waals surface area contributed by atoms with E-state index in [0.29, 0.717) is 0 Å². The molecule has 5 heterocycles. The Kier molecular flexibility index (Phi) is 3.88. The lowest BCUT2D eigenvalue weighted by molar-refractivity contribution is 0.582. The first-order valence-electron chi connectivity index (χ1n) is 8.70. The lowest BCUT2D eigenvalue weighted by atomic mass is 10.1. The SMILES string of the molecule is c1csc(-c2nc3ccc(N4CCNCC4)nn3c2-c2ccncc2)c1. The zero-order valence-electron chi connectivity index (χ0n) is 14.2. The maximum atomic E-state index is 4.94. The second-order valence-electron chi connectivity index (χ2n) is 6.22. The Balaban J connectivity index is 1.72. The van der Waals surface area contributed by atoms with E-state index in [0.717, 1.165) is 59.5 Å². The topological polar surface area (TPSA) is 58.4 Å². The molecular formula is C19H18N6S. The van der Waals surface area contributed by atoms with E-state index in [-0.39, 0.29) is 0 Å². The van der Waals surface area contributed by atoms with Crippen LogP contribution in [0.15, 0.2) is 54.2 Å². The van der Waals surface area contributed by atoms with Crippen molar-refractivity contribution in [3.05, 3.63) is 54.2 Å². The number of pyridine rings is 1. The number of hydrogen-bond donors (Lipinski definition) is 1. The molecule has 1 aliphatic heterocycles. The molecule has 0 aromatic carbocycles. The Morgan fingerprint density at radius 1 is 1.00 bits per heavy atom. The summed E-state index contributed by atoms with van der Waals surface area (Å²) in [6.07, 6.45) is 3.63. The van der Waals surface area contributed by atoms with Crippen molar-refractivity contribution in [2.75, 3.05) is 31.1 Å². The number of anilines is 1. The van der Waals surface area contributed by atoms with Gasteiger partial charge in [-0.05, 0) is 35.7 Å². The van der Waals surface area contributed by atoms with Gasteiger partial charge in [0.15, 0.2) is 5.65 Å². The number of fused-ring (bicyclic) bond motifs is 1. The number of nitrogens with one attached hydrogen (secondary N) is 1. The Morgan fingerprint density at radius 2 is 1.85 bits per heavy atom. The van der Waals surface area contributed by atoms with Crippen LogP contribution in [0.1, 0.15) is 0 Å². The minimum absolute atomic E-state index is 0.860. The van der Waals surface area contributed by atoms with E-state index in [1.165, 1.54) is 0 Å². The molecule has 1 saturated heterocycles. The molecule has 7 heteroatoms. The monoisotopic (exact) mass is 362 g/mol. The van der Waals surface area contributed by atoms with Crippen molar-refractivity contribution in [1.29, 1.82) is 0 Å². The molecule has 1 aliphatic rings. The van der Waals surface area contributed by atoms with Crippen molar-refractivity contribution in [2.45, 2.75) is 0 Å². The van der Waals surface area contributed by atoms with Crippen LogP contribution in [0.5, 0.6) is 0 Å². The summed E-state index contributed by atoms with van der Waals surface area (Å²) in [4.78, 5) is 12.5. The Hall–Kier alpha value is -2.77. The third-order valence-corrected chi connectivity index (χ3v) is 5.49. The summed E-state index contributed by atoms with van der Waals surface area (Å²) in [5.74, 6) is 0.990. The van der Waals surface area contributed by atoms with E-state index in [4.69, 9.17) is 10.1 Å². The van der Waals surface area contributed by atoms with Crippen molar-refractivity contribution in [1.82, 2.24) is 24.9 Å². The van der Waals surface area contributed by atoms with Gasteiger partial charge in [-0.2, -0.15) is 0 Å². The zero-order valence-corrected chi connectivity index (χ0v) is 15.0. The van der Waals surface area contributed by atoms with E-state index in [9.17, 15) is 0 Å². The highest BCUT2D eigenvalue weighted by atomic mass is 32.1. The largest absolute Gasteiger partial charge is 0.353 e. The molecule has 4 aromatic heterocycles. The quantitative estimate of drug-likeness (QED) is 0.607. The van der Waals surface area contributed by atoms with Gasteiger partial charge < -0.3 is 10.2 Å². The van der Waals surface area contributed by atoms with Crippen LogP contribution in [0.4, 0.5) is 5.82 Å². The van der Waals surface area contributed by atoms with Crippen molar-refractivity contribution < 1.29 is 0 Å². The smallest absolute Gasteiger partial charge is 0.155 e. The van der Waals surface area contributed by atoms with Crippen LogP contribution >= 0.6 is 11.3 Å². The van der Waals surface area contributed by atoms with Crippen LogP contribution in [-0.2, 0) is 0 Å². The van der Waals surface area contributed by atoms with E-state index >= 15 is 0 Å². The van der Waals surface area contributed by atoms with Crippen molar-refractivity contribution in [3.63, 3.8) is 0 Å². The minimum atomic E-state index is 0.860. The maximum absolute atomic E-state index is 4.94. The molecule has 0 amide bonds. The predicted octanol–water partition coefficient (Wildman–Crippen LogP) is 2.93. The Morgan fingerprint density at radius 3 is 2.62 bits per heavy atom. The zero-order chi connectivity index (χ0) is 17.3. The predicted molar refractivity (Wildman–Crippen MR) is 105 cm³/mol. The van der Waals surface area contributed by atoms with Gasteiger partial charge in [-0.15, -0.1) is 16.4 Å². The van der Waals surface area contributed by atoms with Gasteiger partial charge in [-0.25, -0.2) is 9.50 Å². The summed E-state index contributed by atoms with van der Waals surface area (Å²) in [6.45, 7) is 3.91. The molecule has 6 nitrogen and oxygen atoms in total. The minimum Gasteiger partial charge on any atom is -0.353 e. The molecule has 0 unspecified atom stereocenters. The first kappa shape index (κ1) is 15.5. The van der Waals surface area contributed by atoms with Gasteiger partial charge in [0.1, 0.15) is 17.2 Å². The van der Waals surface area contributed by atoms with E-state index in [1.807, 2.05) is 29.0 Å². The van der Waals surface area contributed by atoms with Crippen molar-refractivity contribution in [3.8, 4) is 21.8 Å². The maximum Gasteiger partial charge on any atom is 0.155 e. The van der Waals surface area contributed by atoms with E-state index < -0.39 is 0 Å². The van der Waals surface area contributed by atoms with E-state index in [1.54, 1.807) is 11.3 Å². The summed E-state index contributed by atoms with van der Waals surface area (Å²) in [5.41, 5.74) is 3.91. The molecule has 26 heavy (non-hydrogen) atoms. The lowest BCUT2D eigenvalue weighted by Gasteiger charge is -2.28. The molecule has 130 valence electrons. The molecule has 5 rings (SSSR count). The third-order valence-electron chi connectivity index (χ3n) is 4.61. The summed E-state index contributed by atoms with van der Waals surface area (Å²) in [6, 6.07) is 12.3. The highest BCUT2D eigenvalue weighted by molar-refractivity contribution is 7.13. The molecule has 1 N–H and O–H groups in total. The number of thiophene rings is 1. The molecule has 0 aliphatic carbocycles. The molecule has 0 saturated carbocycles. The fraction of sp³-hybridized carbons (Fsp3) is 0.211. The van der Waals surface area contributed by atoms with Gasteiger partial charge >= 0.3 is 0 Å². The van der Waals surface area contributed by atoms with Crippen LogP contribution in [0.25, 0.3) is 27.5 Å². The Bertz CT molecular complexity index is 1020.